The number of benzene rings is 1. The highest BCUT2D eigenvalue weighted by Gasteiger charge is 2.11. The fraction of sp³-hybridized carbons (Fsp3) is 0.312. The molecule has 3 rings (SSSR count). The Kier molecular flexibility index (Phi) is 3.81. The zero-order valence-corrected chi connectivity index (χ0v) is 12.4. The number of aryl methyl sites for hydroxylation is 1. The molecule has 0 spiro atoms. The predicted molar refractivity (Wildman–Crippen MR) is 84.8 cm³/mol. The van der Waals surface area contributed by atoms with Crippen LogP contribution in [0.4, 0.5) is 5.95 Å². The lowest BCUT2D eigenvalue weighted by Crippen LogP contribution is -2.09. The number of rotatable bonds is 5. The summed E-state index contributed by atoms with van der Waals surface area (Å²) in [6, 6.07) is 8.07. The molecule has 108 valence electrons. The van der Waals surface area contributed by atoms with E-state index in [0.717, 1.165) is 41.9 Å². The Hall–Kier alpha value is -2.43. The van der Waals surface area contributed by atoms with Crippen LogP contribution < -0.4 is 5.32 Å². The Labute approximate surface area is 124 Å². The summed E-state index contributed by atoms with van der Waals surface area (Å²) in [5.74, 6) is 2.55. The van der Waals surface area contributed by atoms with Crippen LogP contribution in [0.5, 0.6) is 0 Å². The largest absolute Gasteiger partial charge is 0.354 e. The molecule has 0 aliphatic heterocycles. The fourth-order valence-electron chi connectivity index (χ4n) is 2.35. The van der Waals surface area contributed by atoms with E-state index in [1.165, 1.54) is 0 Å². The van der Waals surface area contributed by atoms with Crippen molar-refractivity contribution in [2.75, 3.05) is 11.9 Å². The first-order chi connectivity index (χ1) is 10.3. The van der Waals surface area contributed by atoms with E-state index in [9.17, 15) is 0 Å². The SMILES string of the molecule is CCCNc1nc(-n2ccnc2CC)c2ccccc2n1. The van der Waals surface area contributed by atoms with Gasteiger partial charge in [-0.25, -0.2) is 9.97 Å². The van der Waals surface area contributed by atoms with Crippen molar-refractivity contribution in [2.45, 2.75) is 26.7 Å². The molecule has 0 aliphatic carbocycles. The van der Waals surface area contributed by atoms with Crippen LogP contribution in [0.25, 0.3) is 16.7 Å². The second kappa shape index (κ2) is 5.91. The van der Waals surface area contributed by atoms with Crippen molar-refractivity contribution >= 4 is 16.9 Å². The second-order valence-corrected chi connectivity index (χ2v) is 4.88. The van der Waals surface area contributed by atoms with Gasteiger partial charge in [0.05, 0.1) is 5.52 Å². The summed E-state index contributed by atoms with van der Waals surface area (Å²) in [5.41, 5.74) is 0.942. The van der Waals surface area contributed by atoms with E-state index >= 15 is 0 Å². The number of hydrogen-bond acceptors (Lipinski definition) is 4. The maximum absolute atomic E-state index is 4.69. The van der Waals surface area contributed by atoms with Gasteiger partial charge in [-0.3, -0.25) is 4.57 Å². The van der Waals surface area contributed by atoms with E-state index in [-0.39, 0.29) is 0 Å². The molecule has 0 saturated heterocycles. The molecule has 5 heteroatoms. The van der Waals surface area contributed by atoms with Crippen LogP contribution in [0, 0.1) is 0 Å². The average Bonchev–Trinajstić information content (AvgIpc) is 3.00. The third kappa shape index (κ3) is 2.59. The minimum Gasteiger partial charge on any atom is -0.354 e. The number of fused-ring (bicyclic) bond motifs is 1. The number of imidazole rings is 1. The Morgan fingerprint density at radius 2 is 2.00 bits per heavy atom. The lowest BCUT2D eigenvalue weighted by Gasteiger charge is -2.11. The van der Waals surface area contributed by atoms with E-state index in [4.69, 9.17) is 4.98 Å². The van der Waals surface area contributed by atoms with Gasteiger partial charge in [-0.05, 0) is 18.6 Å². The molecular weight excluding hydrogens is 262 g/mol. The fourth-order valence-corrected chi connectivity index (χ4v) is 2.35. The summed E-state index contributed by atoms with van der Waals surface area (Å²) in [6.07, 6.45) is 5.67. The third-order valence-corrected chi connectivity index (χ3v) is 3.38. The van der Waals surface area contributed by atoms with Gasteiger partial charge in [-0.2, -0.15) is 4.98 Å². The smallest absolute Gasteiger partial charge is 0.225 e. The molecule has 0 radical (unpaired) electrons. The highest BCUT2D eigenvalue weighted by molar-refractivity contribution is 5.86. The maximum Gasteiger partial charge on any atom is 0.225 e. The van der Waals surface area contributed by atoms with Gasteiger partial charge in [0, 0.05) is 30.7 Å². The Bertz CT molecular complexity index is 747. The molecule has 0 unspecified atom stereocenters. The summed E-state index contributed by atoms with van der Waals surface area (Å²) < 4.78 is 2.04. The standard InChI is InChI=1S/C16H19N5/c1-3-9-18-16-19-13-8-6-5-7-12(13)15(20-16)21-11-10-17-14(21)4-2/h5-8,10-11H,3-4,9H2,1-2H3,(H,18,19,20). The normalized spacial score (nSPS) is 11.0. The van der Waals surface area contributed by atoms with E-state index < -0.39 is 0 Å². The molecule has 2 aromatic heterocycles. The number of nitrogens with one attached hydrogen (secondary N) is 1. The summed E-state index contributed by atoms with van der Waals surface area (Å²) >= 11 is 0. The molecule has 1 N–H and O–H groups in total. The first-order valence-electron chi connectivity index (χ1n) is 7.36. The number of para-hydroxylation sites is 1. The van der Waals surface area contributed by atoms with Crippen LogP contribution in [0.1, 0.15) is 26.1 Å². The first-order valence-corrected chi connectivity index (χ1v) is 7.36. The van der Waals surface area contributed by atoms with Crippen molar-refractivity contribution < 1.29 is 0 Å². The number of aromatic nitrogens is 4. The number of nitrogens with zero attached hydrogens (tertiary/aromatic N) is 4. The zero-order valence-electron chi connectivity index (χ0n) is 12.4. The number of anilines is 1. The van der Waals surface area contributed by atoms with Crippen LogP contribution in [0.15, 0.2) is 36.7 Å². The number of hydrogen-bond donors (Lipinski definition) is 1. The summed E-state index contributed by atoms with van der Waals surface area (Å²) in [6.45, 7) is 5.08. The third-order valence-electron chi connectivity index (χ3n) is 3.38. The summed E-state index contributed by atoms with van der Waals surface area (Å²) in [7, 11) is 0. The average molecular weight is 281 g/mol. The van der Waals surface area contributed by atoms with Crippen molar-refractivity contribution in [2.24, 2.45) is 0 Å². The molecule has 0 aliphatic rings. The van der Waals surface area contributed by atoms with Crippen LogP contribution in [0.2, 0.25) is 0 Å². The van der Waals surface area contributed by atoms with Crippen LogP contribution >= 0.6 is 0 Å². The molecule has 0 amide bonds. The molecule has 1 aromatic carbocycles. The van der Waals surface area contributed by atoms with Crippen molar-refractivity contribution in [3.8, 4) is 5.82 Å². The lowest BCUT2D eigenvalue weighted by molar-refractivity contribution is 0.867. The van der Waals surface area contributed by atoms with E-state index in [1.807, 2.05) is 41.2 Å². The van der Waals surface area contributed by atoms with Crippen molar-refractivity contribution in [3.63, 3.8) is 0 Å². The van der Waals surface area contributed by atoms with Gasteiger partial charge in [0.15, 0.2) is 5.82 Å². The highest BCUT2D eigenvalue weighted by atomic mass is 15.2. The van der Waals surface area contributed by atoms with Crippen LogP contribution in [-0.2, 0) is 6.42 Å². The molecular formula is C16H19N5. The summed E-state index contributed by atoms with van der Waals surface area (Å²) in [5, 5.41) is 4.30. The van der Waals surface area contributed by atoms with Gasteiger partial charge in [-0.15, -0.1) is 0 Å². The molecule has 2 heterocycles. The predicted octanol–water partition coefficient (Wildman–Crippen LogP) is 3.20. The van der Waals surface area contributed by atoms with E-state index in [1.54, 1.807) is 0 Å². The van der Waals surface area contributed by atoms with E-state index in [2.05, 4.69) is 29.1 Å². The van der Waals surface area contributed by atoms with Crippen molar-refractivity contribution in [1.82, 2.24) is 19.5 Å². The molecule has 3 aromatic rings. The molecule has 0 saturated carbocycles. The molecule has 0 atom stereocenters. The molecule has 21 heavy (non-hydrogen) atoms. The van der Waals surface area contributed by atoms with Gasteiger partial charge >= 0.3 is 0 Å². The van der Waals surface area contributed by atoms with Gasteiger partial charge in [0.25, 0.3) is 0 Å². The lowest BCUT2D eigenvalue weighted by atomic mass is 10.2. The molecule has 0 fully saturated rings. The molecule has 0 bridgehead atoms. The Balaban J connectivity index is 2.19. The van der Waals surface area contributed by atoms with E-state index in [0.29, 0.717) is 5.95 Å². The molecule has 5 nitrogen and oxygen atoms in total. The van der Waals surface area contributed by atoms with Crippen molar-refractivity contribution in [1.29, 1.82) is 0 Å². The minimum absolute atomic E-state index is 0.668. The van der Waals surface area contributed by atoms with Crippen LogP contribution in [0.3, 0.4) is 0 Å². The van der Waals surface area contributed by atoms with Gasteiger partial charge in [-0.1, -0.05) is 26.0 Å². The quantitative estimate of drug-likeness (QED) is 0.780. The van der Waals surface area contributed by atoms with Crippen molar-refractivity contribution in [3.05, 3.63) is 42.5 Å². The van der Waals surface area contributed by atoms with Gasteiger partial charge in [0.1, 0.15) is 5.82 Å². The maximum atomic E-state index is 4.69. The Morgan fingerprint density at radius 1 is 1.14 bits per heavy atom. The minimum atomic E-state index is 0.668. The van der Waals surface area contributed by atoms with Gasteiger partial charge < -0.3 is 5.32 Å². The monoisotopic (exact) mass is 281 g/mol. The second-order valence-electron chi connectivity index (χ2n) is 4.88. The highest BCUT2D eigenvalue weighted by Crippen LogP contribution is 2.22. The van der Waals surface area contributed by atoms with Crippen LogP contribution in [-0.4, -0.2) is 26.1 Å². The topological polar surface area (TPSA) is 55.6 Å². The summed E-state index contributed by atoms with van der Waals surface area (Å²) in [4.78, 5) is 13.7. The zero-order chi connectivity index (χ0) is 14.7. The Morgan fingerprint density at radius 3 is 2.81 bits per heavy atom. The first kappa shape index (κ1) is 13.5. The van der Waals surface area contributed by atoms with Gasteiger partial charge in [0.2, 0.25) is 5.95 Å².